The van der Waals surface area contributed by atoms with E-state index in [4.69, 9.17) is 4.74 Å². The maximum Gasteiger partial charge on any atom is 0.253 e. The second kappa shape index (κ2) is 7.60. The Morgan fingerprint density at radius 2 is 1.88 bits per heavy atom. The summed E-state index contributed by atoms with van der Waals surface area (Å²) in [7, 11) is -3.36. The van der Waals surface area contributed by atoms with Crippen LogP contribution in [0.1, 0.15) is 5.56 Å². The van der Waals surface area contributed by atoms with Crippen molar-refractivity contribution in [1.29, 1.82) is 0 Å². The minimum atomic E-state index is -3.36. The number of piperazine rings is 1. The number of hydrogen-bond acceptors (Lipinski definition) is 5. The third kappa shape index (κ3) is 4.13. The highest BCUT2D eigenvalue weighted by atomic mass is 32.2. The van der Waals surface area contributed by atoms with Crippen LogP contribution in [-0.2, 0) is 25.3 Å². The molecule has 1 aromatic rings. The summed E-state index contributed by atoms with van der Waals surface area (Å²) >= 11 is 0. The Hall–Kier alpha value is -1.48. The second-order valence-electron chi connectivity index (χ2n) is 6.03. The SMILES string of the molecule is O=C(C1CNCCO1)N1CCN(S(=O)(=O)Cc2ccccc2)CC1. The molecule has 0 radical (unpaired) electrons. The number of amides is 1. The number of carbonyl (C=O) groups is 1. The average Bonchev–Trinajstić information content (AvgIpc) is 2.62. The van der Waals surface area contributed by atoms with Crippen LogP contribution in [0.5, 0.6) is 0 Å². The van der Waals surface area contributed by atoms with Crippen molar-refractivity contribution < 1.29 is 17.9 Å². The van der Waals surface area contributed by atoms with Crippen LogP contribution in [0.2, 0.25) is 0 Å². The van der Waals surface area contributed by atoms with Crippen molar-refractivity contribution in [3.05, 3.63) is 35.9 Å². The van der Waals surface area contributed by atoms with E-state index in [9.17, 15) is 13.2 Å². The lowest BCUT2D eigenvalue weighted by atomic mass is 10.2. The molecule has 0 saturated carbocycles. The number of carbonyl (C=O) groups excluding carboxylic acids is 1. The fourth-order valence-electron chi connectivity index (χ4n) is 2.99. The highest BCUT2D eigenvalue weighted by molar-refractivity contribution is 7.88. The van der Waals surface area contributed by atoms with Crippen molar-refractivity contribution in [3.8, 4) is 0 Å². The van der Waals surface area contributed by atoms with Gasteiger partial charge in [0, 0.05) is 39.3 Å². The van der Waals surface area contributed by atoms with E-state index in [1.807, 2.05) is 30.3 Å². The van der Waals surface area contributed by atoms with Crippen molar-refractivity contribution in [2.75, 3.05) is 45.9 Å². The van der Waals surface area contributed by atoms with E-state index < -0.39 is 16.1 Å². The number of benzene rings is 1. The summed E-state index contributed by atoms with van der Waals surface area (Å²) in [5.41, 5.74) is 0.776. The van der Waals surface area contributed by atoms with Gasteiger partial charge in [-0.25, -0.2) is 8.42 Å². The Balaban J connectivity index is 1.55. The van der Waals surface area contributed by atoms with Crippen molar-refractivity contribution >= 4 is 15.9 Å². The van der Waals surface area contributed by atoms with E-state index in [0.29, 0.717) is 39.3 Å². The molecule has 1 aromatic carbocycles. The van der Waals surface area contributed by atoms with E-state index in [1.165, 1.54) is 4.31 Å². The first kappa shape index (κ1) is 17.3. The van der Waals surface area contributed by atoms with Crippen LogP contribution in [0.15, 0.2) is 30.3 Å². The van der Waals surface area contributed by atoms with Gasteiger partial charge >= 0.3 is 0 Å². The molecule has 0 aromatic heterocycles. The standard InChI is InChI=1S/C16H23N3O4S/c20-16(15-12-17-6-11-23-15)18-7-9-19(10-8-18)24(21,22)13-14-4-2-1-3-5-14/h1-5,15,17H,6-13H2. The minimum Gasteiger partial charge on any atom is -0.366 e. The fraction of sp³-hybridized carbons (Fsp3) is 0.562. The lowest BCUT2D eigenvalue weighted by molar-refractivity contribution is -0.146. The molecule has 0 spiro atoms. The Morgan fingerprint density at radius 3 is 2.50 bits per heavy atom. The number of morpholine rings is 1. The maximum absolute atomic E-state index is 12.5. The summed E-state index contributed by atoms with van der Waals surface area (Å²) in [5.74, 6) is -0.0560. The topological polar surface area (TPSA) is 79.0 Å². The molecule has 1 N–H and O–H groups in total. The highest BCUT2D eigenvalue weighted by Crippen LogP contribution is 2.14. The number of ether oxygens (including phenoxy) is 1. The molecule has 132 valence electrons. The molecule has 8 heteroatoms. The third-order valence-electron chi connectivity index (χ3n) is 4.34. The smallest absolute Gasteiger partial charge is 0.253 e. The van der Waals surface area contributed by atoms with Gasteiger partial charge in [0.05, 0.1) is 12.4 Å². The van der Waals surface area contributed by atoms with Crippen molar-refractivity contribution in [2.45, 2.75) is 11.9 Å². The summed E-state index contributed by atoms with van der Waals surface area (Å²) in [4.78, 5) is 14.1. The van der Waals surface area contributed by atoms with Crippen LogP contribution in [0.4, 0.5) is 0 Å². The Kier molecular flexibility index (Phi) is 5.50. The number of sulfonamides is 1. The number of nitrogens with zero attached hydrogens (tertiary/aromatic N) is 2. The summed E-state index contributed by atoms with van der Waals surface area (Å²) < 4.78 is 32.0. The normalized spacial score (nSPS) is 23.2. The van der Waals surface area contributed by atoms with Gasteiger partial charge in [0.25, 0.3) is 5.91 Å². The first-order valence-corrected chi connectivity index (χ1v) is 9.80. The van der Waals surface area contributed by atoms with Crippen LogP contribution in [0, 0.1) is 0 Å². The molecule has 24 heavy (non-hydrogen) atoms. The zero-order chi connectivity index (χ0) is 17.0. The van der Waals surface area contributed by atoms with Gasteiger partial charge in [0.15, 0.2) is 0 Å². The van der Waals surface area contributed by atoms with E-state index in [0.717, 1.165) is 12.1 Å². The molecule has 2 saturated heterocycles. The van der Waals surface area contributed by atoms with E-state index >= 15 is 0 Å². The van der Waals surface area contributed by atoms with Gasteiger partial charge in [-0.2, -0.15) is 4.31 Å². The average molecular weight is 353 g/mol. The van der Waals surface area contributed by atoms with Gasteiger partial charge in [0.2, 0.25) is 10.0 Å². The summed E-state index contributed by atoms with van der Waals surface area (Å²) in [6.45, 7) is 3.30. The van der Waals surface area contributed by atoms with E-state index in [2.05, 4.69) is 5.32 Å². The lowest BCUT2D eigenvalue weighted by Gasteiger charge is -2.36. The second-order valence-corrected chi connectivity index (χ2v) is 8.00. The predicted octanol–water partition coefficient (Wildman–Crippen LogP) is -0.351. The molecule has 2 heterocycles. The maximum atomic E-state index is 12.5. The van der Waals surface area contributed by atoms with Gasteiger partial charge in [-0.3, -0.25) is 4.79 Å². The van der Waals surface area contributed by atoms with Crippen LogP contribution in [0.3, 0.4) is 0 Å². The molecule has 7 nitrogen and oxygen atoms in total. The van der Waals surface area contributed by atoms with E-state index in [-0.39, 0.29) is 11.7 Å². The van der Waals surface area contributed by atoms with Crippen molar-refractivity contribution in [3.63, 3.8) is 0 Å². The molecular weight excluding hydrogens is 330 g/mol. The highest BCUT2D eigenvalue weighted by Gasteiger charge is 2.32. The molecule has 2 fully saturated rings. The van der Waals surface area contributed by atoms with Crippen LogP contribution >= 0.6 is 0 Å². The Morgan fingerprint density at radius 1 is 1.17 bits per heavy atom. The largest absolute Gasteiger partial charge is 0.366 e. The van der Waals surface area contributed by atoms with Gasteiger partial charge in [-0.05, 0) is 5.56 Å². The summed E-state index contributed by atoms with van der Waals surface area (Å²) in [6.07, 6.45) is -0.453. The molecule has 2 aliphatic heterocycles. The summed E-state index contributed by atoms with van der Waals surface area (Å²) in [5, 5.41) is 3.14. The monoisotopic (exact) mass is 353 g/mol. The quantitative estimate of drug-likeness (QED) is 0.800. The third-order valence-corrected chi connectivity index (χ3v) is 6.19. The number of hydrogen-bond donors (Lipinski definition) is 1. The summed E-state index contributed by atoms with van der Waals surface area (Å²) in [6, 6.07) is 9.15. The first-order chi connectivity index (χ1) is 11.6. The zero-order valence-electron chi connectivity index (χ0n) is 13.6. The number of rotatable bonds is 4. The van der Waals surface area contributed by atoms with Gasteiger partial charge in [-0.1, -0.05) is 30.3 Å². The van der Waals surface area contributed by atoms with Crippen LogP contribution < -0.4 is 5.32 Å². The Labute approximate surface area is 142 Å². The predicted molar refractivity (Wildman–Crippen MR) is 89.8 cm³/mol. The zero-order valence-corrected chi connectivity index (χ0v) is 14.4. The van der Waals surface area contributed by atoms with Crippen LogP contribution in [0.25, 0.3) is 0 Å². The fourth-order valence-corrected chi connectivity index (χ4v) is 4.51. The molecule has 0 aliphatic carbocycles. The molecule has 0 bridgehead atoms. The molecule has 1 atom stereocenters. The van der Waals surface area contributed by atoms with Gasteiger partial charge in [0.1, 0.15) is 6.10 Å². The minimum absolute atomic E-state index is 0.00254. The van der Waals surface area contributed by atoms with Crippen molar-refractivity contribution in [2.24, 2.45) is 0 Å². The first-order valence-electron chi connectivity index (χ1n) is 8.19. The van der Waals surface area contributed by atoms with E-state index in [1.54, 1.807) is 4.90 Å². The lowest BCUT2D eigenvalue weighted by Crippen LogP contribution is -2.56. The molecule has 1 amide bonds. The molecule has 2 aliphatic rings. The van der Waals surface area contributed by atoms with Crippen LogP contribution in [-0.4, -0.2) is 75.5 Å². The number of nitrogens with one attached hydrogen (secondary N) is 1. The molecular formula is C16H23N3O4S. The van der Waals surface area contributed by atoms with Crippen molar-refractivity contribution in [1.82, 2.24) is 14.5 Å². The van der Waals surface area contributed by atoms with Gasteiger partial charge in [-0.15, -0.1) is 0 Å². The van der Waals surface area contributed by atoms with Gasteiger partial charge < -0.3 is 15.0 Å². The molecule has 3 rings (SSSR count). The Bertz CT molecular complexity index is 651. The molecule has 1 unspecified atom stereocenters.